The molecule has 168 valence electrons. The molecule has 4 heteroatoms. The topological polar surface area (TPSA) is 63.6 Å². The van der Waals surface area contributed by atoms with Crippen LogP contribution in [0.1, 0.15) is 117 Å². The van der Waals surface area contributed by atoms with E-state index in [1.807, 2.05) is 6.92 Å². The summed E-state index contributed by atoms with van der Waals surface area (Å²) in [7, 11) is 0. The number of hydrogen-bond acceptors (Lipinski definition) is 3. The smallest absolute Gasteiger partial charge is 0.310 e. The minimum Gasteiger partial charge on any atom is -0.481 e. The Hall–Kier alpha value is -1.32. The van der Waals surface area contributed by atoms with Crippen LogP contribution in [0.5, 0.6) is 0 Å². The molecule has 1 rings (SSSR count). The van der Waals surface area contributed by atoms with E-state index in [1.165, 1.54) is 51.4 Å². The summed E-state index contributed by atoms with van der Waals surface area (Å²) in [5.41, 5.74) is 0. The zero-order chi connectivity index (χ0) is 21.3. The molecule has 0 aromatic carbocycles. The summed E-state index contributed by atoms with van der Waals surface area (Å²) in [6, 6.07) is 0. The average Bonchev–Trinajstić information content (AvgIpc) is 3.51. The Bertz CT molecular complexity index is 467. The molecule has 1 aliphatic carbocycles. The molecule has 0 heterocycles. The maximum absolute atomic E-state index is 12.4. The van der Waals surface area contributed by atoms with Gasteiger partial charge in [0.15, 0.2) is 0 Å². The predicted octanol–water partition coefficient (Wildman–Crippen LogP) is 7.07. The van der Waals surface area contributed by atoms with Crippen LogP contribution in [0.15, 0.2) is 12.2 Å². The third-order valence-corrected chi connectivity index (χ3v) is 5.88. The maximum atomic E-state index is 12.4. The molecule has 2 atom stereocenters. The van der Waals surface area contributed by atoms with Crippen LogP contribution in [0.2, 0.25) is 0 Å². The van der Waals surface area contributed by atoms with E-state index >= 15 is 0 Å². The van der Waals surface area contributed by atoms with Crippen LogP contribution in [0.3, 0.4) is 0 Å². The van der Waals surface area contributed by atoms with Crippen molar-refractivity contribution in [2.24, 2.45) is 11.8 Å². The monoisotopic (exact) mass is 408 g/mol. The van der Waals surface area contributed by atoms with Crippen molar-refractivity contribution in [3.05, 3.63) is 12.2 Å². The number of hydrogen-bond donors (Lipinski definition) is 1. The Labute approximate surface area is 178 Å². The first kappa shape index (κ1) is 25.7. The van der Waals surface area contributed by atoms with E-state index in [0.29, 0.717) is 12.8 Å². The Morgan fingerprint density at radius 3 is 1.93 bits per heavy atom. The van der Waals surface area contributed by atoms with Gasteiger partial charge in [0.2, 0.25) is 0 Å². The molecule has 2 unspecified atom stereocenters. The van der Waals surface area contributed by atoms with Gasteiger partial charge < -0.3 is 9.84 Å². The van der Waals surface area contributed by atoms with Gasteiger partial charge in [0, 0.05) is 0 Å². The highest BCUT2D eigenvalue weighted by Gasteiger charge is 2.36. The van der Waals surface area contributed by atoms with Gasteiger partial charge in [0.1, 0.15) is 6.10 Å². The van der Waals surface area contributed by atoms with Gasteiger partial charge in [-0.1, -0.05) is 77.4 Å². The predicted molar refractivity (Wildman–Crippen MR) is 119 cm³/mol. The van der Waals surface area contributed by atoms with Gasteiger partial charge in [0.25, 0.3) is 0 Å². The molecule has 0 aromatic heterocycles. The van der Waals surface area contributed by atoms with Gasteiger partial charge in [-0.3, -0.25) is 9.59 Å². The van der Waals surface area contributed by atoms with Crippen molar-refractivity contribution >= 4 is 11.9 Å². The first-order valence-corrected chi connectivity index (χ1v) is 12.2. The fraction of sp³-hybridized carbons (Fsp3) is 0.840. The molecule has 0 spiro atoms. The van der Waals surface area contributed by atoms with Crippen molar-refractivity contribution in [1.29, 1.82) is 0 Å². The number of ether oxygens (including phenoxy) is 1. The molecular formula is C25H44O4. The number of allylic oxidation sites excluding steroid dienone is 2. The number of carboxylic acid groups (broad SMARTS) is 1. The van der Waals surface area contributed by atoms with Crippen molar-refractivity contribution < 1.29 is 19.4 Å². The number of carboxylic acids is 1. The van der Waals surface area contributed by atoms with E-state index in [2.05, 4.69) is 19.1 Å². The van der Waals surface area contributed by atoms with Gasteiger partial charge in [-0.15, -0.1) is 0 Å². The molecule has 0 radical (unpaired) electrons. The number of esters is 1. The Morgan fingerprint density at radius 2 is 1.41 bits per heavy atom. The van der Waals surface area contributed by atoms with Crippen LogP contribution in [0.4, 0.5) is 0 Å². The second kappa shape index (κ2) is 16.5. The van der Waals surface area contributed by atoms with Gasteiger partial charge in [0.05, 0.1) is 11.8 Å². The Balaban J connectivity index is 2.11. The molecular weight excluding hydrogens is 364 g/mol. The molecule has 4 nitrogen and oxygen atoms in total. The fourth-order valence-corrected chi connectivity index (χ4v) is 3.81. The second-order valence-electron chi connectivity index (χ2n) is 8.62. The van der Waals surface area contributed by atoms with Crippen LogP contribution in [0.25, 0.3) is 0 Å². The van der Waals surface area contributed by atoms with E-state index in [4.69, 9.17) is 4.74 Å². The van der Waals surface area contributed by atoms with E-state index in [1.54, 1.807) is 0 Å². The minimum absolute atomic E-state index is 0.0411. The van der Waals surface area contributed by atoms with Crippen LogP contribution in [0, 0.1) is 11.8 Å². The molecule has 1 N–H and O–H groups in total. The Morgan fingerprint density at radius 1 is 0.862 bits per heavy atom. The lowest BCUT2D eigenvalue weighted by Crippen LogP contribution is -2.31. The lowest BCUT2D eigenvalue weighted by atomic mass is 9.85. The van der Waals surface area contributed by atoms with Crippen LogP contribution in [-0.2, 0) is 14.3 Å². The molecule has 0 saturated heterocycles. The molecule has 0 amide bonds. The summed E-state index contributed by atoms with van der Waals surface area (Å²) in [4.78, 5) is 23.9. The van der Waals surface area contributed by atoms with E-state index < -0.39 is 17.8 Å². The van der Waals surface area contributed by atoms with Crippen LogP contribution < -0.4 is 0 Å². The van der Waals surface area contributed by atoms with Gasteiger partial charge in [-0.25, -0.2) is 0 Å². The van der Waals surface area contributed by atoms with Crippen molar-refractivity contribution in [1.82, 2.24) is 0 Å². The van der Waals surface area contributed by atoms with Gasteiger partial charge in [-0.2, -0.15) is 0 Å². The third-order valence-electron chi connectivity index (χ3n) is 5.88. The second-order valence-corrected chi connectivity index (χ2v) is 8.62. The summed E-state index contributed by atoms with van der Waals surface area (Å²) in [6.07, 6.45) is 22.3. The largest absolute Gasteiger partial charge is 0.481 e. The molecule has 1 saturated carbocycles. The molecule has 29 heavy (non-hydrogen) atoms. The first-order chi connectivity index (χ1) is 14.1. The molecule has 0 bridgehead atoms. The van der Waals surface area contributed by atoms with Gasteiger partial charge >= 0.3 is 11.9 Å². The van der Waals surface area contributed by atoms with Crippen molar-refractivity contribution in [2.75, 3.05) is 0 Å². The van der Waals surface area contributed by atoms with E-state index in [9.17, 15) is 14.7 Å². The number of carbonyl (C=O) groups is 2. The number of aliphatic carboxylic acids is 1. The lowest BCUT2D eigenvalue weighted by Gasteiger charge is -2.21. The highest BCUT2D eigenvalue weighted by Crippen LogP contribution is 2.29. The van der Waals surface area contributed by atoms with E-state index in [0.717, 1.165) is 38.5 Å². The zero-order valence-corrected chi connectivity index (χ0v) is 18.9. The maximum Gasteiger partial charge on any atom is 0.310 e. The highest BCUT2D eigenvalue weighted by molar-refractivity contribution is 5.81. The third kappa shape index (κ3) is 12.8. The lowest BCUT2D eigenvalue weighted by molar-refractivity contribution is -0.159. The quantitative estimate of drug-likeness (QED) is 0.141. The number of carbonyl (C=O) groups excluding carboxylic acids is 1. The summed E-state index contributed by atoms with van der Waals surface area (Å²) in [6.45, 7) is 4.09. The summed E-state index contributed by atoms with van der Waals surface area (Å²) >= 11 is 0. The zero-order valence-electron chi connectivity index (χ0n) is 18.9. The Kier molecular flexibility index (Phi) is 14.6. The normalized spacial score (nSPS) is 16.1. The molecule has 1 fully saturated rings. The summed E-state index contributed by atoms with van der Waals surface area (Å²) in [5, 5.41) is 9.44. The van der Waals surface area contributed by atoms with Crippen molar-refractivity contribution in [3.8, 4) is 0 Å². The van der Waals surface area contributed by atoms with Gasteiger partial charge in [-0.05, 0) is 51.4 Å². The van der Waals surface area contributed by atoms with Crippen molar-refractivity contribution in [3.63, 3.8) is 0 Å². The number of rotatable bonds is 19. The minimum atomic E-state index is -0.874. The number of unbranched alkanes of at least 4 members (excludes halogenated alkanes) is 10. The first-order valence-electron chi connectivity index (χ1n) is 12.2. The highest BCUT2D eigenvalue weighted by atomic mass is 16.5. The standard InChI is InChI=1S/C25H44O4/c1-3-5-6-7-8-9-10-11-12-13-14-15-16-17-18-23(22(4-2)24(26)27)25(28)29-21-19-20-21/h11-12,21-23H,3-10,13-20H2,1-2H3,(H,26,27)/b12-11-. The molecule has 0 aromatic rings. The molecule has 1 aliphatic rings. The fourth-order valence-electron chi connectivity index (χ4n) is 3.81. The van der Waals surface area contributed by atoms with Crippen molar-refractivity contribution in [2.45, 2.75) is 123 Å². The van der Waals surface area contributed by atoms with E-state index in [-0.39, 0.29) is 12.1 Å². The summed E-state index contributed by atoms with van der Waals surface area (Å²) in [5.74, 6) is -2.28. The SMILES string of the molecule is CCCCCCCC/C=C\CCCCCCC(C(=O)OC1CC1)C(CC)C(=O)O. The average molecular weight is 409 g/mol. The van der Waals surface area contributed by atoms with Crippen LogP contribution >= 0.6 is 0 Å². The summed E-state index contributed by atoms with van der Waals surface area (Å²) < 4.78 is 5.41. The molecule has 0 aliphatic heterocycles. The van der Waals surface area contributed by atoms with Crippen LogP contribution in [-0.4, -0.2) is 23.1 Å².